The summed E-state index contributed by atoms with van der Waals surface area (Å²) in [6.45, 7) is 1.97. The van der Waals surface area contributed by atoms with E-state index in [0.29, 0.717) is 11.3 Å². The minimum absolute atomic E-state index is 0.0884. The van der Waals surface area contributed by atoms with Gasteiger partial charge in [0.05, 0.1) is 4.90 Å². The van der Waals surface area contributed by atoms with Gasteiger partial charge in [-0.15, -0.1) is 21.5 Å². The molecule has 0 aliphatic heterocycles. The third kappa shape index (κ3) is 4.01. The van der Waals surface area contributed by atoms with Gasteiger partial charge in [0.1, 0.15) is 17.7 Å². The molecule has 2 unspecified atom stereocenters. The Kier molecular flexibility index (Phi) is 5.56. The molecule has 0 radical (unpaired) electrons. The van der Waals surface area contributed by atoms with E-state index in [1.807, 2.05) is 29.0 Å². The molecule has 2 heterocycles. The molecule has 2 atom stereocenters. The van der Waals surface area contributed by atoms with E-state index in [0.717, 1.165) is 41.8 Å². The first-order valence-corrected chi connectivity index (χ1v) is 11.8. The molecule has 1 aromatic carbocycles. The summed E-state index contributed by atoms with van der Waals surface area (Å²) in [5, 5.41) is 10.6. The van der Waals surface area contributed by atoms with Crippen LogP contribution in [0.1, 0.15) is 44.2 Å². The number of nitrogens with one attached hydrogen (secondary N) is 1. The molecule has 4 rings (SSSR count). The van der Waals surface area contributed by atoms with Gasteiger partial charge in [-0.05, 0) is 49.8 Å². The third-order valence-electron chi connectivity index (χ3n) is 5.24. The molecule has 2 aromatic heterocycles. The van der Waals surface area contributed by atoms with Crippen molar-refractivity contribution < 1.29 is 8.42 Å². The van der Waals surface area contributed by atoms with Crippen LogP contribution in [0.25, 0.3) is 10.6 Å². The average Bonchev–Trinajstić information content (AvgIpc) is 3.41. The number of nitrogens with zero attached hydrogens (tertiary/aromatic N) is 4. The number of hydrogen-bond acceptors (Lipinski definition) is 6. The van der Waals surface area contributed by atoms with Crippen LogP contribution in [-0.4, -0.2) is 34.2 Å². The number of benzene rings is 1. The lowest BCUT2D eigenvalue weighted by atomic mass is 9.91. The van der Waals surface area contributed by atoms with Gasteiger partial charge < -0.3 is 4.57 Å². The highest BCUT2D eigenvalue weighted by Gasteiger charge is 2.28. The summed E-state index contributed by atoms with van der Waals surface area (Å²) in [7, 11) is -3.59. The Balaban J connectivity index is 1.54. The summed E-state index contributed by atoms with van der Waals surface area (Å²) in [6, 6.07) is 5.63. The Morgan fingerprint density at radius 2 is 2.07 bits per heavy atom. The number of hydrogen-bond donors (Lipinski definition) is 1. The van der Waals surface area contributed by atoms with E-state index in [2.05, 4.69) is 19.9 Å². The second-order valence-corrected chi connectivity index (χ2v) is 9.64. The quantitative estimate of drug-likeness (QED) is 0.664. The van der Waals surface area contributed by atoms with Gasteiger partial charge in [0.25, 0.3) is 0 Å². The Bertz CT molecular complexity index is 1020. The normalized spacial score (nSPS) is 20.3. The summed E-state index contributed by atoms with van der Waals surface area (Å²) < 4.78 is 31.1. The topological polar surface area (TPSA) is 89.8 Å². The molecule has 1 N–H and O–H groups in total. The summed E-state index contributed by atoms with van der Waals surface area (Å²) in [5.41, 5.74) is 1.77. The van der Waals surface area contributed by atoms with Crippen molar-refractivity contribution in [2.75, 3.05) is 0 Å². The van der Waals surface area contributed by atoms with E-state index < -0.39 is 10.0 Å². The van der Waals surface area contributed by atoms with Crippen molar-refractivity contribution in [2.45, 2.75) is 56.0 Å². The lowest BCUT2D eigenvalue weighted by molar-refractivity contribution is 0.305. The molecule has 1 fully saturated rings. The van der Waals surface area contributed by atoms with Gasteiger partial charge in [0.2, 0.25) is 10.0 Å². The van der Waals surface area contributed by atoms with Crippen molar-refractivity contribution in [2.24, 2.45) is 0 Å². The minimum atomic E-state index is -3.59. The van der Waals surface area contributed by atoms with Crippen LogP contribution in [0.2, 0.25) is 0 Å². The van der Waals surface area contributed by atoms with Crippen LogP contribution < -0.4 is 4.72 Å². The van der Waals surface area contributed by atoms with Crippen LogP contribution in [0.5, 0.6) is 0 Å². The number of thiazole rings is 1. The molecular formula is C19H23N5O2S2. The van der Waals surface area contributed by atoms with Crippen LogP contribution in [0.4, 0.5) is 0 Å². The molecular weight excluding hydrogens is 394 g/mol. The smallest absolute Gasteiger partial charge is 0.241 e. The van der Waals surface area contributed by atoms with Crippen LogP contribution in [0.3, 0.4) is 0 Å². The molecule has 0 spiro atoms. The largest absolute Gasteiger partial charge is 0.317 e. The highest BCUT2D eigenvalue weighted by Crippen LogP contribution is 2.30. The molecule has 1 aliphatic carbocycles. The fourth-order valence-electron chi connectivity index (χ4n) is 3.84. The summed E-state index contributed by atoms with van der Waals surface area (Å²) in [6.07, 6.45) is 9.38. The SMILES string of the molecule is CCc1cc(-c2nccs2)ccc1S(=O)(=O)NC1CCCC(n2cnnc2)C1. The molecule has 0 amide bonds. The lowest BCUT2D eigenvalue weighted by Gasteiger charge is -2.30. The van der Waals surface area contributed by atoms with Crippen molar-refractivity contribution >= 4 is 21.4 Å². The summed E-state index contributed by atoms with van der Waals surface area (Å²) in [5.74, 6) is 0. The Labute approximate surface area is 168 Å². The van der Waals surface area contributed by atoms with Gasteiger partial charge in [0.15, 0.2) is 0 Å². The van der Waals surface area contributed by atoms with Crippen LogP contribution in [-0.2, 0) is 16.4 Å². The van der Waals surface area contributed by atoms with Crippen molar-refractivity contribution in [3.63, 3.8) is 0 Å². The molecule has 28 heavy (non-hydrogen) atoms. The molecule has 0 bridgehead atoms. The van der Waals surface area contributed by atoms with Gasteiger partial charge in [-0.3, -0.25) is 0 Å². The van der Waals surface area contributed by atoms with Gasteiger partial charge in [-0.2, -0.15) is 0 Å². The maximum atomic E-state index is 13.1. The van der Waals surface area contributed by atoms with Crippen LogP contribution >= 0.6 is 11.3 Å². The van der Waals surface area contributed by atoms with Crippen LogP contribution in [0.15, 0.2) is 47.3 Å². The second-order valence-electron chi connectivity index (χ2n) is 7.06. The van der Waals surface area contributed by atoms with E-state index in [4.69, 9.17) is 0 Å². The fraction of sp³-hybridized carbons (Fsp3) is 0.421. The molecule has 7 nitrogen and oxygen atoms in total. The molecule has 9 heteroatoms. The number of aromatic nitrogens is 4. The molecule has 148 valence electrons. The zero-order valence-corrected chi connectivity index (χ0v) is 17.3. The van der Waals surface area contributed by atoms with Crippen molar-refractivity contribution in [1.29, 1.82) is 0 Å². The van der Waals surface area contributed by atoms with E-state index in [1.165, 1.54) is 0 Å². The van der Waals surface area contributed by atoms with E-state index in [1.54, 1.807) is 36.3 Å². The highest BCUT2D eigenvalue weighted by atomic mass is 32.2. The predicted octanol–water partition coefficient (Wildman–Crippen LogP) is 3.43. The Morgan fingerprint density at radius 1 is 1.25 bits per heavy atom. The summed E-state index contributed by atoms with van der Waals surface area (Å²) >= 11 is 1.55. The first kappa shape index (κ1) is 19.2. The van der Waals surface area contributed by atoms with Gasteiger partial charge in [0, 0.05) is 29.2 Å². The second kappa shape index (κ2) is 8.10. The molecule has 1 saturated carbocycles. The monoisotopic (exact) mass is 417 g/mol. The Hall–Kier alpha value is -2.10. The van der Waals surface area contributed by atoms with Crippen molar-refractivity contribution in [3.05, 3.63) is 48.0 Å². The van der Waals surface area contributed by atoms with Crippen molar-refractivity contribution in [3.8, 4) is 10.6 Å². The predicted molar refractivity (Wildman–Crippen MR) is 109 cm³/mol. The standard InChI is InChI=1S/C19H23N5O2S2/c1-2-14-10-15(19-20-8-9-27-19)6-7-18(14)28(25,26)23-16-4-3-5-17(11-16)24-12-21-22-13-24/h6-10,12-13,16-17,23H,2-5,11H2,1H3. The number of rotatable bonds is 6. The number of sulfonamides is 1. The van der Waals surface area contributed by atoms with E-state index in [9.17, 15) is 8.42 Å². The third-order valence-corrected chi connectivity index (χ3v) is 7.68. The minimum Gasteiger partial charge on any atom is -0.317 e. The maximum absolute atomic E-state index is 13.1. The van der Waals surface area contributed by atoms with Gasteiger partial charge in [-0.1, -0.05) is 13.0 Å². The van der Waals surface area contributed by atoms with Crippen LogP contribution in [0, 0.1) is 0 Å². The van der Waals surface area contributed by atoms with E-state index >= 15 is 0 Å². The van der Waals surface area contributed by atoms with E-state index in [-0.39, 0.29) is 12.1 Å². The zero-order valence-electron chi connectivity index (χ0n) is 15.7. The highest BCUT2D eigenvalue weighted by molar-refractivity contribution is 7.89. The van der Waals surface area contributed by atoms with Gasteiger partial charge >= 0.3 is 0 Å². The first-order valence-electron chi connectivity index (χ1n) is 9.46. The average molecular weight is 418 g/mol. The molecule has 3 aromatic rings. The Morgan fingerprint density at radius 3 is 2.79 bits per heavy atom. The number of aryl methyl sites for hydroxylation is 1. The molecule has 1 aliphatic rings. The summed E-state index contributed by atoms with van der Waals surface area (Å²) in [4.78, 5) is 4.68. The molecule has 0 saturated heterocycles. The zero-order chi connectivity index (χ0) is 19.6. The lowest BCUT2D eigenvalue weighted by Crippen LogP contribution is -2.39. The van der Waals surface area contributed by atoms with Gasteiger partial charge in [-0.25, -0.2) is 18.1 Å². The first-order chi connectivity index (χ1) is 13.6. The fourth-order valence-corrected chi connectivity index (χ4v) is 6.05. The van der Waals surface area contributed by atoms with Crippen molar-refractivity contribution in [1.82, 2.24) is 24.5 Å². The maximum Gasteiger partial charge on any atom is 0.241 e.